The molecule has 2 bridgehead atoms. The Hall–Kier alpha value is -2.92. The van der Waals surface area contributed by atoms with Crippen LogP contribution in [0.4, 0.5) is 17.6 Å². The van der Waals surface area contributed by atoms with Crippen LogP contribution in [0.5, 0.6) is 0 Å². The Morgan fingerprint density at radius 2 is 1.70 bits per heavy atom. The zero-order chi connectivity index (χ0) is 25.4. The van der Waals surface area contributed by atoms with E-state index in [9.17, 15) is 5.11 Å². The zero-order valence-corrected chi connectivity index (χ0v) is 21.4. The molecule has 0 saturated carbocycles. The molecule has 6 rings (SSSR count). The first-order valence-electron chi connectivity index (χ1n) is 13.5. The molecule has 0 aromatic carbocycles. The maximum absolute atomic E-state index is 10.2. The number of aliphatic hydroxyl groups is 2. The Bertz CT molecular complexity index is 1210. The van der Waals surface area contributed by atoms with Gasteiger partial charge in [-0.25, -0.2) is 19.9 Å². The molecule has 0 radical (unpaired) electrons. The molecular weight excluding hydrogens is 468 g/mol. The quantitative estimate of drug-likeness (QED) is 0.423. The van der Waals surface area contributed by atoms with Crippen molar-refractivity contribution in [3.05, 3.63) is 41.9 Å². The molecule has 3 fully saturated rings. The number of fused-ring (bicyclic) bond motifs is 3. The van der Waals surface area contributed by atoms with Crippen LogP contribution in [-0.4, -0.2) is 91.4 Å². The summed E-state index contributed by atoms with van der Waals surface area (Å²) in [6, 6.07) is 6.97. The van der Waals surface area contributed by atoms with E-state index >= 15 is 0 Å². The molecule has 3 aliphatic heterocycles. The Balaban J connectivity index is 1.18. The Labute approximate surface area is 217 Å². The number of β-amino-alcohol motifs (C(OH)–C–C–N with tert-alkyl or cyclic N) is 1. The third-order valence-electron chi connectivity index (χ3n) is 8.04. The highest BCUT2D eigenvalue weighted by atomic mass is 16.3. The highest BCUT2D eigenvalue weighted by molar-refractivity contribution is 5.90. The number of hydrogen-bond donors (Lipinski definition) is 3. The minimum atomic E-state index is -0.645. The fourth-order valence-electron chi connectivity index (χ4n) is 6.03. The van der Waals surface area contributed by atoms with Gasteiger partial charge in [-0.2, -0.15) is 0 Å². The highest BCUT2D eigenvalue weighted by Crippen LogP contribution is 2.42. The molecule has 1 unspecified atom stereocenters. The summed E-state index contributed by atoms with van der Waals surface area (Å²) >= 11 is 0. The van der Waals surface area contributed by atoms with Gasteiger partial charge in [0.2, 0.25) is 5.95 Å². The van der Waals surface area contributed by atoms with Crippen molar-refractivity contribution in [1.29, 1.82) is 0 Å². The van der Waals surface area contributed by atoms with Gasteiger partial charge in [0.1, 0.15) is 11.3 Å². The number of pyridine rings is 2. The van der Waals surface area contributed by atoms with Crippen molar-refractivity contribution < 1.29 is 10.2 Å². The number of rotatable bonds is 8. The Morgan fingerprint density at radius 1 is 0.973 bits per heavy atom. The first-order chi connectivity index (χ1) is 18.1. The van der Waals surface area contributed by atoms with Gasteiger partial charge in [0.15, 0.2) is 5.82 Å². The van der Waals surface area contributed by atoms with Gasteiger partial charge < -0.3 is 20.4 Å². The molecule has 10 heteroatoms. The van der Waals surface area contributed by atoms with E-state index < -0.39 is 6.10 Å². The third kappa shape index (κ3) is 5.11. The fourth-order valence-corrected chi connectivity index (χ4v) is 6.03. The van der Waals surface area contributed by atoms with Crippen LogP contribution in [0.25, 0.3) is 10.9 Å². The van der Waals surface area contributed by atoms with E-state index in [1.165, 1.54) is 31.2 Å². The van der Waals surface area contributed by atoms with E-state index in [0.29, 0.717) is 29.5 Å². The normalized spacial score (nSPS) is 23.2. The number of hydrogen-bond acceptors (Lipinski definition) is 10. The van der Waals surface area contributed by atoms with Crippen molar-refractivity contribution in [2.75, 3.05) is 49.5 Å². The highest BCUT2D eigenvalue weighted by Gasteiger charge is 2.41. The average molecular weight is 505 g/mol. The second kappa shape index (κ2) is 10.4. The predicted molar refractivity (Wildman–Crippen MR) is 143 cm³/mol. The topological polar surface area (TPSA) is 114 Å². The lowest BCUT2D eigenvalue weighted by Gasteiger charge is -2.34. The molecule has 1 atom stereocenters. The van der Waals surface area contributed by atoms with E-state index in [-0.39, 0.29) is 6.61 Å². The van der Waals surface area contributed by atoms with E-state index in [0.717, 1.165) is 56.0 Å². The van der Waals surface area contributed by atoms with Crippen LogP contribution < -0.4 is 10.2 Å². The lowest BCUT2D eigenvalue weighted by Crippen LogP contribution is -2.46. The van der Waals surface area contributed by atoms with E-state index in [2.05, 4.69) is 36.1 Å². The third-order valence-corrected chi connectivity index (χ3v) is 8.04. The summed E-state index contributed by atoms with van der Waals surface area (Å²) < 4.78 is 0. The van der Waals surface area contributed by atoms with Gasteiger partial charge in [0.25, 0.3) is 0 Å². The van der Waals surface area contributed by atoms with Gasteiger partial charge in [-0.05, 0) is 50.3 Å². The molecule has 3 N–H and O–H groups in total. The molecule has 6 heterocycles. The second-order valence-electron chi connectivity index (χ2n) is 10.6. The summed E-state index contributed by atoms with van der Waals surface area (Å²) in [7, 11) is 0. The minimum absolute atomic E-state index is 0.222. The molecule has 0 spiro atoms. The molecule has 3 aromatic heterocycles. The first-order valence-corrected chi connectivity index (χ1v) is 13.5. The molecule has 0 amide bonds. The molecule has 0 aliphatic carbocycles. The number of aromatic nitrogens is 4. The van der Waals surface area contributed by atoms with Gasteiger partial charge in [-0.3, -0.25) is 9.80 Å². The summed E-state index contributed by atoms with van der Waals surface area (Å²) in [5.74, 6) is 2.06. The van der Waals surface area contributed by atoms with Gasteiger partial charge in [0.05, 0.1) is 18.4 Å². The van der Waals surface area contributed by atoms with Crippen molar-refractivity contribution in [2.45, 2.75) is 57.3 Å². The van der Waals surface area contributed by atoms with E-state index in [4.69, 9.17) is 15.1 Å². The predicted octanol–water partition coefficient (Wildman–Crippen LogP) is 2.46. The minimum Gasteiger partial charge on any atom is -0.395 e. The lowest BCUT2D eigenvalue weighted by molar-refractivity contribution is 0.108. The number of piperazine rings is 1. The van der Waals surface area contributed by atoms with Crippen LogP contribution in [0.3, 0.4) is 0 Å². The van der Waals surface area contributed by atoms with Gasteiger partial charge in [0, 0.05) is 69.1 Å². The zero-order valence-electron chi connectivity index (χ0n) is 21.4. The van der Waals surface area contributed by atoms with Crippen LogP contribution in [0.15, 0.2) is 30.6 Å². The number of nitrogens with zero attached hydrogens (tertiary/aromatic N) is 7. The SMILES string of the molecule is CC(O)c1cc2cnc(Nc3ccc(CN4CCN(CCO)CC4)cn3)nc2c(N2C3CCC2CC3)n1. The Kier molecular flexibility index (Phi) is 6.90. The van der Waals surface area contributed by atoms with Crippen LogP contribution >= 0.6 is 0 Å². The number of nitrogens with one attached hydrogen (secondary N) is 1. The van der Waals surface area contributed by atoms with Gasteiger partial charge >= 0.3 is 0 Å². The standard InChI is InChI=1S/C27H36N8O2/c1-18(37)23-14-20-16-29-27(32-25(20)26(30-23)35-21-3-4-22(35)6-5-21)31-24-7-2-19(15-28-24)17-34-10-8-33(9-11-34)12-13-36/h2,7,14-16,18,21-22,36-37H,3-6,8-13,17H2,1H3,(H,28,29,31,32). The van der Waals surface area contributed by atoms with Gasteiger partial charge in [-0.15, -0.1) is 0 Å². The average Bonchev–Trinajstić information content (AvgIpc) is 3.51. The molecule has 3 aliphatic rings. The van der Waals surface area contributed by atoms with Crippen molar-refractivity contribution in [1.82, 2.24) is 29.7 Å². The van der Waals surface area contributed by atoms with Crippen molar-refractivity contribution >= 4 is 28.5 Å². The monoisotopic (exact) mass is 504 g/mol. The number of anilines is 3. The van der Waals surface area contributed by atoms with E-state index in [1.54, 1.807) is 6.92 Å². The van der Waals surface area contributed by atoms with Crippen molar-refractivity contribution in [2.24, 2.45) is 0 Å². The molecular formula is C27H36N8O2. The molecule has 10 nitrogen and oxygen atoms in total. The summed E-state index contributed by atoms with van der Waals surface area (Å²) in [4.78, 5) is 26.1. The van der Waals surface area contributed by atoms with E-state index in [1.807, 2.05) is 24.5 Å². The fraction of sp³-hybridized carbons (Fsp3) is 0.556. The molecule has 3 saturated heterocycles. The van der Waals surface area contributed by atoms with Crippen molar-refractivity contribution in [3.63, 3.8) is 0 Å². The van der Waals surface area contributed by atoms with Crippen LogP contribution in [-0.2, 0) is 6.54 Å². The second-order valence-corrected chi connectivity index (χ2v) is 10.6. The molecule has 37 heavy (non-hydrogen) atoms. The van der Waals surface area contributed by atoms with Gasteiger partial charge in [-0.1, -0.05) is 6.07 Å². The van der Waals surface area contributed by atoms with Crippen molar-refractivity contribution in [3.8, 4) is 0 Å². The maximum atomic E-state index is 10.2. The van der Waals surface area contributed by atoms with Crippen LogP contribution in [0.2, 0.25) is 0 Å². The molecule has 196 valence electrons. The largest absolute Gasteiger partial charge is 0.395 e. The number of aliphatic hydroxyl groups excluding tert-OH is 2. The van der Waals surface area contributed by atoms with Crippen LogP contribution in [0.1, 0.15) is 50.0 Å². The van der Waals surface area contributed by atoms with Crippen LogP contribution in [0, 0.1) is 0 Å². The molecule has 3 aromatic rings. The lowest BCUT2D eigenvalue weighted by atomic mass is 10.0. The maximum Gasteiger partial charge on any atom is 0.229 e. The smallest absolute Gasteiger partial charge is 0.229 e. The summed E-state index contributed by atoms with van der Waals surface area (Å²) in [6.07, 6.45) is 7.84. The summed E-state index contributed by atoms with van der Waals surface area (Å²) in [5, 5.41) is 23.5. The summed E-state index contributed by atoms with van der Waals surface area (Å²) in [5.41, 5.74) is 2.64. The Morgan fingerprint density at radius 3 is 2.35 bits per heavy atom. The summed E-state index contributed by atoms with van der Waals surface area (Å²) in [6.45, 7) is 7.56. The first kappa shape index (κ1) is 24.4.